The van der Waals surface area contributed by atoms with Crippen LogP contribution in [0.2, 0.25) is 0 Å². The first-order valence-corrected chi connectivity index (χ1v) is 9.42. The first-order valence-electron chi connectivity index (χ1n) is 6.32. The van der Waals surface area contributed by atoms with Crippen LogP contribution in [0.1, 0.15) is 35.2 Å². The number of nitrogens with one attached hydrogen (secondary N) is 1. The van der Waals surface area contributed by atoms with Crippen LogP contribution in [-0.4, -0.2) is 20.9 Å². The largest absolute Gasteiger partial charge is 0.352 e. The number of hydrogen-bond acceptors (Lipinski definition) is 3. The molecule has 7 heteroatoms. The third kappa shape index (κ3) is 3.96. The number of aryl methyl sites for hydroxylation is 1. The van der Waals surface area contributed by atoms with Crippen molar-refractivity contribution >= 4 is 41.6 Å². The zero-order valence-corrected chi connectivity index (χ0v) is 14.1. The van der Waals surface area contributed by atoms with E-state index in [0.717, 1.165) is 12.3 Å². The van der Waals surface area contributed by atoms with Crippen LogP contribution in [0.15, 0.2) is 21.5 Å². The number of rotatable bonds is 5. The second kappa shape index (κ2) is 6.03. The normalized spacial score (nSPS) is 15.2. The van der Waals surface area contributed by atoms with Crippen molar-refractivity contribution in [2.45, 2.75) is 31.1 Å². The van der Waals surface area contributed by atoms with Gasteiger partial charge in [0.05, 0.1) is 4.90 Å². The maximum atomic E-state index is 12.0. The molecule has 0 aliphatic heterocycles. The Morgan fingerprint density at radius 1 is 1.45 bits per heavy atom. The highest BCUT2D eigenvalue weighted by Gasteiger charge is 2.22. The van der Waals surface area contributed by atoms with E-state index in [9.17, 15) is 13.2 Å². The van der Waals surface area contributed by atoms with Crippen LogP contribution in [-0.2, 0) is 9.05 Å². The summed E-state index contributed by atoms with van der Waals surface area (Å²) >= 11 is 3.18. The summed E-state index contributed by atoms with van der Waals surface area (Å²) in [5, 5.41) is 2.80. The van der Waals surface area contributed by atoms with Gasteiger partial charge in [0.2, 0.25) is 0 Å². The lowest BCUT2D eigenvalue weighted by molar-refractivity contribution is 0.0952. The average molecular weight is 381 g/mol. The van der Waals surface area contributed by atoms with Crippen molar-refractivity contribution in [3.05, 3.63) is 27.7 Å². The molecule has 0 heterocycles. The first-order chi connectivity index (χ1) is 9.29. The first kappa shape index (κ1) is 15.8. The highest BCUT2D eigenvalue weighted by atomic mass is 79.9. The van der Waals surface area contributed by atoms with Crippen LogP contribution in [0.5, 0.6) is 0 Å². The SMILES string of the molecule is Cc1cc(C(=O)NCCC2CC2)cc(S(=O)(=O)Cl)c1Br. The molecule has 1 amide bonds. The topological polar surface area (TPSA) is 63.2 Å². The molecule has 0 radical (unpaired) electrons. The number of amides is 1. The number of benzene rings is 1. The third-order valence-electron chi connectivity index (χ3n) is 3.28. The van der Waals surface area contributed by atoms with Crippen molar-refractivity contribution in [2.24, 2.45) is 5.92 Å². The van der Waals surface area contributed by atoms with Crippen molar-refractivity contribution in [3.8, 4) is 0 Å². The lowest BCUT2D eigenvalue weighted by atomic mass is 10.1. The van der Waals surface area contributed by atoms with Crippen LogP contribution >= 0.6 is 26.6 Å². The van der Waals surface area contributed by atoms with Crippen molar-refractivity contribution in [1.29, 1.82) is 0 Å². The summed E-state index contributed by atoms with van der Waals surface area (Å²) < 4.78 is 23.4. The molecule has 1 N–H and O–H groups in total. The van der Waals surface area contributed by atoms with Gasteiger partial charge in [-0.3, -0.25) is 4.79 Å². The van der Waals surface area contributed by atoms with E-state index in [-0.39, 0.29) is 10.8 Å². The highest BCUT2D eigenvalue weighted by molar-refractivity contribution is 9.10. The van der Waals surface area contributed by atoms with Gasteiger partial charge >= 0.3 is 0 Å². The molecular formula is C13H15BrClNO3S. The fraction of sp³-hybridized carbons (Fsp3) is 0.462. The number of carbonyl (C=O) groups excluding carboxylic acids is 1. The van der Waals surface area contributed by atoms with E-state index in [1.54, 1.807) is 13.0 Å². The Kier molecular flexibility index (Phi) is 4.76. The predicted octanol–water partition coefficient (Wildman–Crippen LogP) is 3.21. The summed E-state index contributed by atoms with van der Waals surface area (Å²) in [5.41, 5.74) is 0.958. The molecule has 0 bridgehead atoms. The summed E-state index contributed by atoms with van der Waals surface area (Å²) in [6.07, 6.45) is 3.45. The Balaban J connectivity index is 2.18. The second-order valence-electron chi connectivity index (χ2n) is 5.03. The van der Waals surface area contributed by atoms with Gasteiger partial charge < -0.3 is 5.32 Å². The van der Waals surface area contributed by atoms with Crippen LogP contribution in [0.3, 0.4) is 0 Å². The maximum absolute atomic E-state index is 12.0. The summed E-state index contributed by atoms with van der Waals surface area (Å²) in [6.45, 7) is 2.33. The Morgan fingerprint density at radius 2 is 2.10 bits per heavy atom. The molecule has 1 aliphatic carbocycles. The van der Waals surface area contributed by atoms with E-state index in [4.69, 9.17) is 10.7 Å². The minimum Gasteiger partial charge on any atom is -0.352 e. The van der Waals surface area contributed by atoms with Gasteiger partial charge in [0.25, 0.3) is 15.0 Å². The van der Waals surface area contributed by atoms with E-state index < -0.39 is 9.05 Å². The molecule has 110 valence electrons. The van der Waals surface area contributed by atoms with E-state index in [2.05, 4.69) is 21.2 Å². The van der Waals surface area contributed by atoms with Crippen LogP contribution in [0, 0.1) is 12.8 Å². The van der Waals surface area contributed by atoms with Crippen molar-refractivity contribution in [1.82, 2.24) is 5.32 Å². The van der Waals surface area contributed by atoms with Gasteiger partial charge in [0.15, 0.2) is 0 Å². The van der Waals surface area contributed by atoms with Gasteiger partial charge in [-0.15, -0.1) is 0 Å². The van der Waals surface area contributed by atoms with Crippen molar-refractivity contribution < 1.29 is 13.2 Å². The van der Waals surface area contributed by atoms with E-state index in [1.807, 2.05) is 0 Å². The highest BCUT2D eigenvalue weighted by Crippen LogP contribution is 2.32. The summed E-state index contributed by atoms with van der Waals surface area (Å²) in [7, 11) is 1.49. The second-order valence-corrected chi connectivity index (χ2v) is 8.36. The Hall–Kier alpha value is -0.590. The molecular weight excluding hydrogens is 366 g/mol. The van der Waals surface area contributed by atoms with Crippen molar-refractivity contribution in [2.75, 3.05) is 6.54 Å². The summed E-state index contributed by atoms with van der Waals surface area (Å²) in [4.78, 5) is 11.9. The van der Waals surface area contributed by atoms with Crippen LogP contribution in [0.25, 0.3) is 0 Å². The molecule has 20 heavy (non-hydrogen) atoms. The molecule has 1 aromatic carbocycles. The van der Waals surface area contributed by atoms with Gasteiger partial charge in [-0.1, -0.05) is 12.8 Å². The van der Waals surface area contributed by atoms with Crippen molar-refractivity contribution in [3.63, 3.8) is 0 Å². The van der Waals surface area contributed by atoms with Crippen LogP contribution < -0.4 is 5.32 Å². The summed E-state index contributed by atoms with van der Waals surface area (Å²) in [6, 6.07) is 2.94. The minimum absolute atomic E-state index is 0.0773. The zero-order valence-electron chi connectivity index (χ0n) is 10.9. The smallest absolute Gasteiger partial charge is 0.262 e. The predicted molar refractivity (Wildman–Crippen MR) is 81.6 cm³/mol. The maximum Gasteiger partial charge on any atom is 0.262 e. The van der Waals surface area contributed by atoms with Gasteiger partial charge in [-0.05, 0) is 52.9 Å². The van der Waals surface area contributed by atoms with E-state index in [0.29, 0.717) is 22.1 Å². The lowest BCUT2D eigenvalue weighted by Crippen LogP contribution is -2.25. The molecule has 0 unspecified atom stereocenters. The van der Waals surface area contributed by atoms with Gasteiger partial charge in [0, 0.05) is 27.3 Å². The molecule has 1 saturated carbocycles. The van der Waals surface area contributed by atoms with E-state index in [1.165, 1.54) is 18.9 Å². The monoisotopic (exact) mass is 379 g/mol. The Labute approximate surface area is 131 Å². The Bertz CT molecular complexity index is 641. The lowest BCUT2D eigenvalue weighted by Gasteiger charge is -2.09. The number of carbonyl (C=O) groups is 1. The fourth-order valence-electron chi connectivity index (χ4n) is 1.94. The molecule has 1 aliphatic rings. The molecule has 2 rings (SSSR count). The molecule has 1 fully saturated rings. The minimum atomic E-state index is -3.89. The van der Waals surface area contributed by atoms with Gasteiger partial charge in [-0.25, -0.2) is 8.42 Å². The zero-order chi connectivity index (χ0) is 14.9. The van der Waals surface area contributed by atoms with Gasteiger partial charge in [0.1, 0.15) is 0 Å². The Morgan fingerprint density at radius 3 is 2.65 bits per heavy atom. The standard InChI is InChI=1S/C13H15BrClNO3S/c1-8-6-10(7-11(12(8)14)20(15,18)19)13(17)16-5-4-9-2-3-9/h6-7,9H,2-5H2,1H3,(H,16,17). The molecule has 0 atom stereocenters. The van der Waals surface area contributed by atoms with Gasteiger partial charge in [-0.2, -0.15) is 0 Å². The molecule has 0 aromatic heterocycles. The quantitative estimate of drug-likeness (QED) is 0.798. The van der Waals surface area contributed by atoms with E-state index >= 15 is 0 Å². The fourth-order valence-corrected chi connectivity index (χ4v) is 4.10. The van der Waals surface area contributed by atoms with Crippen LogP contribution in [0.4, 0.5) is 0 Å². The average Bonchev–Trinajstić information content (AvgIpc) is 3.14. The molecule has 1 aromatic rings. The summed E-state index contributed by atoms with van der Waals surface area (Å²) in [5.74, 6) is 0.462. The number of halogens is 2. The molecule has 4 nitrogen and oxygen atoms in total. The molecule has 0 saturated heterocycles. The molecule has 0 spiro atoms. The number of hydrogen-bond donors (Lipinski definition) is 1. The third-order valence-corrected chi connectivity index (χ3v) is 5.94.